The van der Waals surface area contributed by atoms with Gasteiger partial charge in [0.2, 0.25) is 0 Å². The van der Waals surface area contributed by atoms with E-state index in [0.717, 1.165) is 56.2 Å². The maximum absolute atomic E-state index is 5.49. The number of hydrogen-bond donors (Lipinski definition) is 0. The zero-order chi connectivity index (χ0) is 27.6. The molecule has 0 saturated carbocycles. The van der Waals surface area contributed by atoms with Crippen LogP contribution in [0.2, 0.25) is 0 Å². The summed E-state index contributed by atoms with van der Waals surface area (Å²) in [4.78, 5) is 11.0. The van der Waals surface area contributed by atoms with Crippen LogP contribution in [0.15, 0.2) is 156 Å². The molecule has 0 atom stereocenters. The third-order valence-corrected chi connectivity index (χ3v) is 8.33. The van der Waals surface area contributed by atoms with Crippen LogP contribution in [0.4, 0.5) is 11.4 Å². The van der Waals surface area contributed by atoms with E-state index < -0.39 is 0 Å². The summed E-state index contributed by atoms with van der Waals surface area (Å²) in [6.07, 6.45) is 0. The third-order valence-electron chi connectivity index (χ3n) is 8.33. The zero-order valence-corrected chi connectivity index (χ0v) is 22.6. The molecular weight excluding hydrogens is 512 g/mol. The Kier molecular flexibility index (Phi) is 4.87. The first-order valence-electron chi connectivity index (χ1n) is 14.2. The van der Waals surface area contributed by atoms with Crippen LogP contribution < -0.4 is 0 Å². The number of nitrogens with zero attached hydrogens (tertiary/aromatic N) is 4. The van der Waals surface area contributed by atoms with Crippen LogP contribution >= 0.6 is 0 Å². The van der Waals surface area contributed by atoms with Crippen LogP contribution in [-0.2, 0) is 0 Å². The lowest BCUT2D eigenvalue weighted by molar-refractivity contribution is 1.20. The Bertz CT molecular complexity index is 2140. The summed E-state index contributed by atoms with van der Waals surface area (Å²) in [6, 6.07) is 51.0. The highest BCUT2D eigenvalue weighted by atomic mass is 15.1. The van der Waals surface area contributed by atoms with Crippen molar-refractivity contribution in [2.45, 2.75) is 0 Å². The van der Waals surface area contributed by atoms with Gasteiger partial charge in [0, 0.05) is 32.7 Å². The lowest BCUT2D eigenvalue weighted by atomic mass is 10.1. The Morgan fingerprint density at radius 1 is 0.310 bits per heavy atom. The minimum atomic E-state index is 0.862. The zero-order valence-electron chi connectivity index (χ0n) is 22.6. The quantitative estimate of drug-likeness (QED) is 0.185. The highest BCUT2D eigenvalue weighted by Gasteiger charge is 2.24. The van der Waals surface area contributed by atoms with Crippen molar-refractivity contribution in [3.8, 4) is 0 Å². The molecular formula is C38H24N4. The second-order valence-corrected chi connectivity index (χ2v) is 10.6. The molecule has 6 aromatic carbocycles. The number of rotatable bonds is 0. The van der Waals surface area contributed by atoms with Crippen LogP contribution in [0.3, 0.4) is 0 Å². The monoisotopic (exact) mass is 536 g/mol. The molecule has 8 aromatic rings. The van der Waals surface area contributed by atoms with Crippen LogP contribution in [0.25, 0.3) is 43.6 Å². The van der Waals surface area contributed by atoms with E-state index in [9.17, 15) is 0 Å². The van der Waals surface area contributed by atoms with Crippen molar-refractivity contribution in [3.05, 3.63) is 157 Å². The summed E-state index contributed by atoms with van der Waals surface area (Å²) in [6.45, 7) is 0. The first kappa shape index (κ1) is 23.0. The molecule has 4 nitrogen and oxygen atoms in total. The van der Waals surface area contributed by atoms with Gasteiger partial charge < -0.3 is 0 Å². The molecule has 2 aromatic heterocycles. The van der Waals surface area contributed by atoms with Gasteiger partial charge in [-0.05, 0) is 48.5 Å². The maximum atomic E-state index is 5.49. The summed E-state index contributed by atoms with van der Waals surface area (Å²) < 4.78 is 4.59. The van der Waals surface area contributed by atoms with Crippen LogP contribution in [0, 0.1) is 0 Å². The lowest BCUT2D eigenvalue weighted by Crippen LogP contribution is -2.18. The number of hydrogen-bond acceptors (Lipinski definition) is 2. The lowest BCUT2D eigenvalue weighted by Gasteiger charge is -2.20. The molecule has 0 aliphatic carbocycles. The molecule has 3 heterocycles. The van der Waals surface area contributed by atoms with Gasteiger partial charge >= 0.3 is 0 Å². The molecule has 1 aliphatic heterocycles. The second kappa shape index (κ2) is 8.88. The van der Waals surface area contributed by atoms with E-state index in [1.165, 1.54) is 21.5 Å². The topological polar surface area (TPSA) is 34.6 Å². The predicted octanol–water partition coefficient (Wildman–Crippen LogP) is 9.47. The van der Waals surface area contributed by atoms with Crippen molar-refractivity contribution in [3.63, 3.8) is 0 Å². The smallest absolute Gasteiger partial charge is 0.147 e. The second-order valence-electron chi connectivity index (χ2n) is 10.6. The average Bonchev–Trinajstić information content (AvgIpc) is 3.55. The first-order valence-corrected chi connectivity index (χ1v) is 14.2. The molecule has 196 valence electrons. The molecule has 0 N–H and O–H groups in total. The Morgan fingerprint density at radius 3 is 0.952 bits per heavy atom. The van der Waals surface area contributed by atoms with E-state index in [1.54, 1.807) is 0 Å². The van der Waals surface area contributed by atoms with Gasteiger partial charge in [-0.1, -0.05) is 97.1 Å². The van der Waals surface area contributed by atoms with Crippen molar-refractivity contribution in [2.75, 3.05) is 0 Å². The average molecular weight is 537 g/mol. The largest absolute Gasteiger partial charge is 0.293 e. The van der Waals surface area contributed by atoms with E-state index >= 15 is 0 Å². The van der Waals surface area contributed by atoms with Gasteiger partial charge in [0.1, 0.15) is 11.7 Å². The summed E-state index contributed by atoms with van der Waals surface area (Å²) in [5.41, 5.74) is 8.21. The van der Waals surface area contributed by atoms with Gasteiger partial charge in [-0.15, -0.1) is 0 Å². The molecule has 1 aliphatic rings. The number of benzene rings is 6. The molecule has 0 radical (unpaired) electrons. The van der Waals surface area contributed by atoms with Gasteiger partial charge in [-0.3, -0.25) is 9.13 Å². The number of aromatic nitrogens is 2. The molecule has 0 bridgehead atoms. The van der Waals surface area contributed by atoms with E-state index in [0.29, 0.717) is 0 Å². The van der Waals surface area contributed by atoms with Crippen molar-refractivity contribution in [1.29, 1.82) is 0 Å². The highest BCUT2D eigenvalue weighted by molar-refractivity contribution is 6.23. The molecule has 0 fully saturated rings. The maximum Gasteiger partial charge on any atom is 0.147 e. The Morgan fingerprint density at radius 2 is 0.595 bits per heavy atom. The normalized spacial score (nSPS) is 13.0. The van der Waals surface area contributed by atoms with Crippen molar-refractivity contribution in [2.24, 2.45) is 9.98 Å². The molecule has 0 amide bonds. The summed E-state index contributed by atoms with van der Waals surface area (Å²) in [5.74, 6) is 1.72. The van der Waals surface area contributed by atoms with E-state index in [-0.39, 0.29) is 0 Å². The molecule has 0 unspecified atom stereocenters. The molecule has 9 rings (SSSR count). The third kappa shape index (κ3) is 3.23. The summed E-state index contributed by atoms with van der Waals surface area (Å²) in [5, 5.41) is 4.83. The predicted molar refractivity (Wildman–Crippen MR) is 175 cm³/mol. The standard InChI is InChI=1S/C38H24N4/c1-7-19-31-29(17-1)37(41-33-21-9-3-13-25(33)26-14-4-10-22-34(26)41)40-32-20-8-2-18-30(32)38(39-31)42-35-23-11-5-15-27(35)28-16-6-12-24-36(28)42/h1-24H. The minimum Gasteiger partial charge on any atom is -0.293 e. The highest BCUT2D eigenvalue weighted by Crippen LogP contribution is 2.37. The summed E-state index contributed by atoms with van der Waals surface area (Å²) >= 11 is 0. The SMILES string of the molecule is c1ccc2c(c1)N=C(n1c3ccccc3c3ccccc31)c1ccccc1N=C2n1c2ccccc2c2ccccc21. The number of aliphatic imine (C=N–C) groups is 2. The van der Waals surface area contributed by atoms with Gasteiger partial charge in [-0.25, -0.2) is 9.98 Å². The fraction of sp³-hybridized carbons (Fsp3) is 0. The van der Waals surface area contributed by atoms with Crippen LogP contribution in [0.5, 0.6) is 0 Å². The fourth-order valence-electron chi connectivity index (χ4n) is 6.51. The number of fused-ring (bicyclic) bond motifs is 8. The van der Waals surface area contributed by atoms with Crippen LogP contribution in [0.1, 0.15) is 11.1 Å². The summed E-state index contributed by atoms with van der Waals surface area (Å²) in [7, 11) is 0. The first-order chi connectivity index (χ1) is 20.9. The van der Waals surface area contributed by atoms with Gasteiger partial charge in [-0.2, -0.15) is 0 Å². The number of para-hydroxylation sites is 6. The minimum absolute atomic E-state index is 0.862. The van der Waals surface area contributed by atoms with E-state index in [1.807, 2.05) is 0 Å². The van der Waals surface area contributed by atoms with Crippen molar-refractivity contribution < 1.29 is 0 Å². The van der Waals surface area contributed by atoms with E-state index in [4.69, 9.17) is 9.98 Å². The molecule has 42 heavy (non-hydrogen) atoms. The molecule has 0 saturated heterocycles. The van der Waals surface area contributed by atoms with Gasteiger partial charge in [0.25, 0.3) is 0 Å². The molecule has 4 heteroatoms. The Balaban J connectivity index is 1.41. The molecule has 0 spiro atoms. The Hall–Kier alpha value is -5.74. The van der Waals surface area contributed by atoms with Gasteiger partial charge in [0.15, 0.2) is 0 Å². The van der Waals surface area contributed by atoms with E-state index in [2.05, 4.69) is 155 Å². The fourth-order valence-corrected chi connectivity index (χ4v) is 6.51. The Labute approximate surface area is 242 Å². The van der Waals surface area contributed by atoms with Crippen LogP contribution in [-0.4, -0.2) is 20.8 Å². The van der Waals surface area contributed by atoms with Crippen molar-refractivity contribution in [1.82, 2.24) is 9.13 Å². The van der Waals surface area contributed by atoms with Gasteiger partial charge in [0.05, 0.1) is 33.4 Å². The van der Waals surface area contributed by atoms with Crippen molar-refractivity contribution >= 4 is 66.7 Å².